The van der Waals surface area contributed by atoms with Gasteiger partial charge < -0.3 is 70.6 Å². The maximum Gasteiger partial charge on any atom is 0.410 e. The number of ketones is 2. The number of benzene rings is 4. The molecular weight excluding hydrogens is 1510 g/mol. The van der Waals surface area contributed by atoms with Crippen molar-refractivity contribution < 1.29 is 87.6 Å². The van der Waals surface area contributed by atoms with E-state index in [0.29, 0.717) is 102 Å². The number of aromatic nitrogens is 4. The summed E-state index contributed by atoms with van der Waals surface area (Å²) in [6.45, 7) is 11.7. The second-order valence-electron chi connectivity index (χ2n) is 33.4. The molecule has 7 aliphatic rings. The molecule has 116 heavy (non-hydrogen) atoms. The number of carbonyl (C=O) groups excluding carboxylic acids is 8. The Morgan fingerprint density at radius 1 is 0.793 bits per heavy atom. The van der Waals surface area contributed by atoms with Gasteiger partial charge in [-0.2, -0.15) is 5.10 Å². The molecule has 0 radical (unpaired) electrons. The number of nitrogens with zero attached hydrogens (tertiary/aromatic N) is 7. The third kappa shape index (κ3) is 19.5. The first-order valence-corrected chi connectivity index (χ1v) is 40.7. The first-order valence-electron chi connectivity index (χ1n) is 39.9. The molecule has 3 aliphatic heterocycles. The summed E-state index contributed by atoms with van der Waals surface area (Å²) in [6.07, 6.45) is 3.98. The van der Waals surface area contributed by atoms with Crippen molar-refractivity contribution in [2.75, 3.05) is 49.6 Å². The van der Waals surface area contributed by atoms with Gasteiger partial charge in [-0.3, -0.25) is 43.7 Å². The van der Waals surface area contributed by atoms with E-state index in [4.69, 9.17) is 34.8 Å². The summed E-state index contributed by atoms with van der Waals surface area (Å²) in [7, 11) is 0. The number of Topliss-reactive ketones (excluding diaryl/α,β-unsaturated/α-hetero) is 2. The maximum atomic E-state index is 14.6. The van der Waals surface area contributed by atoms with Crippen molar-refractivity contribution in [3.05, 3.63) is 166 Å². The number of nitrogens with two attached hydrogens (primary N) is 1. The van der Waals surface area contributed by atoms with Crippen LogP contribution in [0.2, 0.25) is 0 Å². The number of aliphatic hydroxyl groups is 4. The molecule has 14 rings (SSSR count). The summed E-state index contributed by atoms with van der Waals surface area (Å²) in [5, 5.41) is 66.1. The third-order valence-corrected chi connectivity index (χ3v) is 24.6. The first-order chi connectivity index (χ1) is 55.5. The molecule has 4 aromatic carbocycles. The van der Waals surface area contributed by atoms with Crippen LogP contribution in [0.1, 0.15) is 166 Å². The highest BCUT2D eigenvalue weighted by Gasteiger charge is 2.66. The van der Waals surface area contributed by atoms with Crippen LogP contribution in [0, 0.1) is 35.0 Å². The van der Waals surface area contributed by atoms with E-state index in [-0.39, 0.29) is 128 Å². The van der Waals surface area contributed by atoms with Gasteiger partial charge in [0.15, 0.2) is 16.6 Å². The average Bonchev–Trinajstić information content (AvgIpc) is 1.08. The number of aliphatic hydroxyl groups excluding tert-OH is 4. The lowest BCUT2D eigenvalue weighted by molar-refractivity contribution is -0.277. The first kappa shape index (κ1) is 83.6. The van der Waals surface area contributed by atoms with Gasteiger partial charge in [0.2, 0.25) is 12.2 Å². The molecule has 29 nitrogen and oxygen atoms in total. The Bertz CT molecular complexity index is 4780. The van der Waals surface area contributed by atoms with Gasteiger partial charge in [0.05, 0.1) is 41.3 Å². The summed E-state index contributed by atoms with van der Waals surface area (Å²) in [6, 6.07) is 28.9. The highest BCUT2D eigenvalue weighted by atomic mass is 32.1. The number of anilines is 2. The van der Waals surface area contributed by atoms with Crippen LogP contribution in [-0.4, -0.2) is 190 Å². The zero-order valence-electron chi connectivity index (χ0n) is 66.0. The molecule has 0 spiro atoms. The molecule has 7 aromatic rings. The number of ether oxygens (including phenoxy) is 4. The molecule has 1 saturated heterocycles. The molecule has 4 saturated carbocycles. The summed E-state index contributed by atoms with van der Waals surface area (Å²) < 4.78 is 27.8. The number of amides is 7. The maximum absolute atomic E-state index is 14.6. The van der Waals surface area contributed by atoms with Crippen molar-refractivity contribution in [1.82, 2.24) is 40.2 Å². The number of primary amides is 1. The summed E-state index contributed by atoms with van der Waals surface area (Å²) in [5.74, 6) is -3.38. The zero-order valence-corrected chi connectivity index (χ0v) is 66.8. The lowest BCUT2D eigenvalue weighted by Gasteiger charge is -2.69. The van der Waals surface area contributed by atoms with Crippen molar-refractivity contribution in [2.45, 2.75) is 200 Å². The van der Waals surface area contributed by atoms with E-state index in [0.717, 1.165) is 64.0 Å². The van der Waals surface area contributed by atoms with Gasteiger partial charge in [-0.1, -0.05) is 106 Å². The largest absolute Gasteiger partial charge is 0.476 e. The fourth-order valence-corrected chi connectivity index (χ4v) is 19.9. The van der Waals surface area contributed by atoms with Gasteiger partial charge in [0, 0.05) is 106 Å². The van der Waals surface area contributed by atoms with Crippen LogP contribution >= 0.6 is 11.3 Å². The number of para-hydroxylation sites is 1. The van der Waals surface area contributed by atoms with Crippen molar-refractivity contribution in [1.29, 1.82) is 0 Å². The van der Waals surface area contributed by atoms with E-state index in [2.05, 4.69) is 34.8 Å². The molecule has 6 heterocycles. The molecule has 30 heteroatoms. The number of fused-ring (bicyclic) bond motifs is 2. The van der Waals surface area contributed by atoms with Crippen molar-refractivity contribution in [3.8, 4) is 16.9 Å². The Kier molecular flexibility index (Phi) is 25.7. The summed E-state index contributed by atoms with van der Waals surface area (Å²) in [4.78, 5) is 133. The van der Waals surface area contributed by atoms with Gasteiger partial charge in [-0.05, 0) is 170 Å². The van der Waals surface area contributed by atoms with E-state index in [1.165, 1.54) is 23.5 Å². The number of carbonyl (C=O) groups is 9. The van der Waals surface area contributed by atoms with Crippen LogP contribution in [0.5, 0.6) is 5.75 Å². The van der Waals surface area contributed by atoms with E-state index < -0.39 is 78.9 Å². The van der Waals surface area contributed by atoms with Crippen LogP contribution < -0.4 is 31.3 Å². The molecule has 7 amide bonds. The van der Waals surface area contributed by atoms with E-state index in [1.54, 1.807) is 71.8 Å². The molecule has 9 atom stereocenters. The number of carboxylic acid groups (broad SMARTS) is 1. The van der Waals surface area contributed by atoms with E-state index in [9.17, 15) is 68.7 Å². The minimum Gasteiger partial charge on any atom is -0.476 e. The Morgan fingerprint density at radius 2 is 1.52 bits per heavy atom. The molecule has 616 valence electrons. The number of thiazole rings is 1. The summed E-state index contributed by atoms with van der Waals surface area (Å²) in [5.41, 5.74) is 11.1. The number of unbranched alkanes of at least 4 members (excludes halogenated alkanes) is 2. The molecular formula is C86H103N11O18S. The van der Waals surface area contributed by atoms with Gasteiger partial charge in [-0.15, -0.1) is 0 Å². The fraction of sp³-hybridized carbons (Fsp3) is 0.488. The molecule has 2 unspecified atom stereocenters. The van der Waals surface area contributed by atoms with Gasteiger partial charge in [0.1, 0.15) is 48.4 Å². The van der Waals surface area contributed by atoms with Crippen LogP contribution in [0.15, 0.2) is 121 Å². The number of urea groups is 1. The number of hydrogen-bond acceptors (Lipinski definition) is 22. The number of aromatic carboxylic acids is 1. The van der Waals surface area contributed by atoms with Crippen LogP contribution in [0.4, 0.5) is 20.5 Å². The smallest absolute Gasteiger partial charge is 0.410 e. The number of hydrogen-bond donors (Lipinski definition) is 9. The molecule has 5 fully saturated rings. The number of nitrogens with one attached hydrogen (secondary N) is 3. The lowest BCUT2D eigenvalue weighted by Crippen LogP contribution is -2.64. The topological polar surface area (TPSA) is 407 Å². The predicted octanol–water partition coefficient (Wildman–Crippen LogP) is 9.29. The quantitative estimate of drug-likeness (QED) is 0.0130. The van der Waals surface area contributed by atoms with Gasteiger partial charge in [0.25, 0.3) is 17.7 Å². The van der Waals surface area contributed by atoms with Crippen LogP contribution in [0.3, 0.4) is 0 Å². The Labute approximate surface area is 676 Å². The number of imide groups is 1. The summed E-state index contributed by atoms with van der Waals surface area (Å²) >= 11 is 1.40. The van der Waals surface area contributed by atoms with Crippen LogP contribution in [-0.2, 0) is 77.3 Å². The second kappa shape index (κ2) is 35.6. The van der Waals surface area contributed by atoms with Gasteiger partial charge in [-0.25, -0.2) is 24.4 Å². The minimum absolute atomic E-state index is 0.0481. The number of pyridine rings is 1. The second-order valence-corrected chi connectivity index (χ2v) is 34.4. The van der Waals surface area contributed by atoms with Crippen LogP contribution in [0.25, 0.3) is 21.3 Å². The monoisotopic (exact) mass is 1610 g/mol. The Morgan fingerprint density at radius 3 is 2.22 bits per heavy atom. The predicted molar refractivity (Wildman–Crippen MR) is 429 cm³/mol. The normalized spacial score (nSPS) is 23.8. The Hall–Kier alpha value is -10.3. The molecule has 10 N–H and O–H groups in total. The standard InChI is InChI=1S/C86H103N11O18S/c1-51(2)61(38-57(99)14-7-6-10-33-96-70(101)29-30-71(96)102)77(107)90-64(17-12-32-88-80(87)110)66(100)37-53-19-21-55(22-20-53)43-112-82(111)95(40-54-23-25-58(26-24-54)114-79-75(105)74(104)73(103)67(42-98)115-79)35-36-113-86-47-83(4)44-84(5,48-86)46-85(45-83,49-86)50-97-52(3)62(39-89-97)59-27-28-69(92-72(59)78(108)109)94-34-31-56-13-11-15-60(63(56)41-94)76(106)93-81-91-65-16-8-9-18-68(65)116-81/h8-9,11,13,15-16,18-30,39,51,61,64,67,73-75,79,98,103-105H,6-7,10,12,14,17,31-38,40-50H2,1-5H3,(H,90,107)(H,108,109)(H3,87,88,110)(H,91,93,106)/t61-,64-,67+,73+,74-,75+,79+,83?,84?,85?,86?/m0/s1. The van der Waals surface area contributed by atoms with Crippen molar-refractivity contribution in [2.24, 2.45) is 33.8 Å². The van der Waals surface area contributed by atoms with Crippen molar-refractivity contribution in [3.63, 3.8) is 0 Å². The zero-order chi connectivity index (χ0) is 82.4. The molecule has 4 aliphatic carbocycles. The Balaban J connectivity index is 0.665. The van der Waals surface area contributed by atoms with Gasteiger partial charge >= 0.3 is 18.1 Å². The number of carboxylic acids is 1. The number of rotatable bonds is 36. The fourth-order valence-electron chi connectivity index (χ4n) is 19.0. The highest BCUT2D eigenvalue weighted by Crippen LogP contribution is 2.72. The average molecular weight is 1610 g/mol. The SMILES string of the molecule is Cc1c(-c2ccc(N3CCc4cccc(C(=O)Nc5nc6ccccc6s5)c4C3)nc2C(=O)O)cnn1CC12CC3(C)CC(C)(C1)CC(OCCN(Cc1ccc(O[C@@H]4O[C@H](CO)[C@@H](O)[C@H](O)[C@H]4O)cc1)C(=O)OCc1ccc(CC(=O)[C@H](CCCNC(N)=O)NC(=O)[C@@H](CC(=O)CCCCCN4C(=O)C=CC4=O)C(C)C)cc1)(C3)C2. The lowest BCUT2D eigenvalue weighted by atomic mass is 9.39. The van der Waals surface area contributed by atoms with Crippen molar-refractivity contribution >= 4 is 85.8 Å². The minimum atomic E-state index is -1.65. The third-order valence-electron chi connectivity index (χ3n) is 23.7. The highest BCUT2D eigenvalue weighted by molar-refractivity contribution is 7.22. The van der Waals surface area contributed by atoms with E-state index >= 15 is 0 Å². The molecule has 4 bridgehead atoms. The van der Waals surface area contributed by atoms with E-state index in [1.807, 2.05) is 72.8 Å². The molecule has 3 aromatic heterocycles.